The summed E-state index contributed by atoms with van der Waals surface area (Å²) in [7, 11) is 0. The number of hydrogen-bond donors (Lipinski definition) is 10. The number of anilines is 6. The topological polar surface area (TPSA) is 446 Å². The SMILES string of the molecule is Nc1nc2c(c(=O)[nH]1)N=C(CN(C=O)c1ccc(C(=O)NC(CCC(=O)[O-])C(=O)O)cc1)CN2.Nc1nc2c(c(=O)[nH]1)N=C(CN(C=O)c1ccc(C(=O)NC(CCC(=O)[O-])C(=O)O)cc1)CN2.[Ca+2]. The summed E-state index contributed by atoms with van der Waals surface area (Å²) in [6, 6.07) is 8.62. The minimum absolute atomic E-state index is 0. The first-order valence-electron chi connectivity index (χ1n) is 19.9. The molecule has 29 heteroatoms. The van der Waals surface area contributed by atoms with E-state index in [0.29, 0.717) is 35.6 Å². The minimum Gasteiger partial charge on any atom is -0.550 e. The van der Waals surface area contributed by atoms with Gasteiger partial charge in [-0.25, -0.2) is 19.6 Å². The van der Waals surface area contributed by atoms with Gasteiger partial charge in [-0.3, -0.25) is 38.7 Å². The molecule has 2 aromatic carbocycles. The van der Waals surface area contributed by atoms with Gasteiger partial charge in [-0.2, -0.15) is 9.97 Å². The number of carbonyl (C=O) groups is 8. The van der Waals surface area contributed by atoms with E-state index in [1.165, 1.54) is 58.3 Å². The van der Waals surface area contributed by atoms with E-state index in [1.54, 1.807) is 0 Å². The molecule has 2 unspecified atom stereocenters. The Hall–Kier alpha value is -8.24. The molecule has 356 valence electrons. The van der Waals surface area contributed by atoms with Gasteiger partial charge in [-0.05, 0) is 74.2 Å². The first-order chi connectivity index (χ1) is 32.3. The molecule has 0 bridgehead atoms. The average Bonchev–Trinajstić information content (AvgIpc) is 3.30. The second kappa shape index (κ2) is 24.5. The van der Waals surface area contributed by atoms with Crippen molar-refractivity contribution in [3.8, 4) is 0 Å². The predicted molar refractivity (Wildman–Crippen MR) is 241 cm³/mol. The number of carboxylic acids is 4. The fourth-order valence-corrected chi connectivity index (χ4v) is 6.28. The van der Waals surface area contributed by atoms with Gasteiger partial charge in [0.25, 0.3) is 22.9 Å². The molecule has 0 saturated heterocycles. The van der Waals surface area contributed by atoms with Crippen molar-refractivity contribution >= 4 is 144 Å². The molecule has 6 rings (SSSR count). The third-order valence-corrected chi connectivity index (χ3v) is 9.65. The van der Waals surface area contributed by atoms with Crippen LogP contribution in [0.25, 0.3) is 0 Å². The Morgan fingerprint density at radius 1 is 0.652 bits per heavy atom. The van der Waals surface area contributed by atoms with E-state index in [-0.39, 0.29) is 123 Å². The van der Waals surface area contributed by atoms with Gasteiger partial charge in [0.15, 0.2) is 23.0 Å². The van der Waals surface area contributed by atoms with Gasteiger partial charge >= 0.3 is 49.7 Å². The molecule has 2 aromatic heterocycles. The van der Waals surface area contributed by atoms with Gasteiger partial charge in [0, 0.05) is 34.4 Å². The maximum Gasteiger partial charge on any atom is 2.00 e. The van der Waals surface area contributed by atoms with Crippen molar-refractivity contribution in [2.45, 2.75) is 37.8 Å². The number of aliphatic imine (C=N–C) groups is 2. The van der Waals surface area contributed by atoms with Crippen molar-refractivity contribution in [2.24, 2.45) is 9.98 Å². The number of nitrogens with one attached hydrogen (secondary N) is 6. The van der Waals surface area contributed by atoms with E-state index in [2.05, 4.69) is 51.2 Å². The Bertz CT molecular complexity index is 2610. The average molecular weight is 981 g/mol. The van der Waals surface area contributed by atoms with Crippen LogP contribution in [0.2, 0.25) is 0 Å². The maximum absolute atomic E-state index is 12.3. The monoisotopic (exact) mass is 980 g/mol. The molecule has 2 aliphatic rings. The molecule has 2 atom stereocenters. The summed E-state index contributed by atoms with van der Waals surface area (Å²) < 4.78 is 0. The third kappa shape index (κ3) is 14.9. The van der Waals surface area contributed by atoms with Gasteiger partial charge in [-0.15, -0.1) is 0 Å². The minimum atomic E-state index is -1.43. The van der Waals surface area contributed by atoms with Crippen molar-refractivity contribution in [1.29, 1.82) is 0 Å². The van der Waals surface area contributed by atoms with Crippen LogP contribution in [0.1, 0.15) is 46.4 Å². The van der Waals surface area contributed by atoms with Gasteiger partial charge in [0.05, 0.1) is 37.6 Å². The quantitative estimate of drug-likeness (QED) is 0.0299. The second-order valence-electron chi connectivity index (χ2n) is 14.5. The Morgan fingerprint density at radius 3 is 1.30 bits per heavy atom. The fraction of sp³-hybridized carbons (Fsp3) is 0.250. The first kappa shape index (κ1) is 53.4. The number of fused-ring (bicyclic) bond motifs is 2. The zero-order valence-corrected chi connectivity index (χ0v) is 38.1. The van der Waals surface area contributed by atoms with E-state index >= 15 is 0 Å². The number of aromatic nitrogens is 4. The number of rotatable bonds is 20. The van der Waals surface area contributed by atoms with Crippen LogP contribution in [0.15, 0.2) is 68.1 Å². The first-order valence-corrected chi connectivity index (χ1v) is 19.9. The number of benzene rings is 2. The van der Waals surface area contributed by atoms with Crippen LogP contribution in [0, 0.1) is 0 Å². The molecule has 4 amide bonds. The van der Waals surface area contributed by atoms with Crippen LogP contribution in [-0.2, 0) is 28.8 Å². The third-order valence-electron chi connectivity index (χ3n) is 9.65. The van der Waals surface area contributed by atoms with Crippen molar-refractivity contribution in [2.75, 3.05) is 58.1 Å². The maximum atomic E-state index is 12.3. The zero-order valence-electron chi connectivity index (χ0n) is 35.9. The number of carbonyl (C=O) groups excluding carboxylic acids is 6. The van der Waals surface area contributed by atoms with Crippen LogP contribution >= 0.6 is 0 Å². The van der Waals surface area contributed by atoms with E-state index < -0.39 is 71.7 Å². The molecule has 12 N–H and O–H groups in total. The summed E-state index contributed by atoms with van der Waals surface area (Å²) in [6.45, 7) is 0.511. The van der Waals surface area contributed by atoms with Crippen molar-refractivity contribution < 1.29 is 58.8 Å². The van der Waals surface area contributed by atoms with Crippen LogP contribution < -0.4 is 63.9 Å². The van der Waals surface area contributed by atoms with Crippen molar-refractivity contribution in [3.63, 3.8) is 0 Å². The Morgan fingerprint density at radius 2 is 1.00 bits per heavy atom. The number of hydrogen-bond acceptors (Lipinski definition) is 20. The molecule has 4 aromatic rings. The molecular weight excluding hydrogens is 941 g/mol. The zero-order chi connectivity index (χ0) is 49.7. The van der Waals surface area contributed by atoms with Crippen LogP contribution in [0.5, 0.6) is 0 Å². The molecule has 69 heavy (non-hydrogen) atoms. The van der Waals surface area contributed by atoms with E-state index in [0.717, 1.165) is 0 Å². The smallest absolute Gasteiger partial charge is 0.550 e. The van der Waals surface area contributed by atoms with E-state index in [1.807, 2.05) is 0 Å². The Kier molecular flexibility index (Phi) is 19.0. The number of amides is 4. The van der Waals surface area contributed by atoms with Gasteiger partial charge in [0.1, 0.15) is 12.1 Å². The Labute approximate surface area is 417 Å². The second-order valence-corrected chi connectivity index (χ2v) is 14.5. The summed E-state index contributed by atoms with van der Waals surface area (Å²) in [5.74, 6) is -6.69. The van der Waals surface area contributed by atoms with Crippen LogP contribution in [-0.4, -0.2) is 166 Å². The Balaban J connectivity index is 0.000000296. The van der Waals surface area contributed by atoms with E-state index in [9.17, 15) is 58.2 Å². The van der Waals surface area contributed by atoms with Crippen LogP contribution in [0.4, 0.5) is 46.3 Å². The number of aliphatic carboxylic acids is 4. The van der Waals surface area contributed by atoms with Gasteiger partial charge in [-0.1, -0.05) is 0 Å². The molecule has 0 saturated carbocycles. The number of nitrogens with zero attached hydrogens (tertiary/aromatic N) is 6. The van der Waals surface area contributed by atoms with Crippen molar-refractivity contribution in [3.05, 3.63) is 80.4 Å². The van der Waals surface area contributed by atoms with E-state index in [4.69, 9.17) is 21.7 Å². The standard InChI is InChI=1S/2C20H21N7O7.Ca/c2*21-20-25-16-15(18(32)26-20)23-11(7-22-16)8-27(9-28)12-3-1-10(2-4-12)17(31)24-13(19(33)34)5-6-14(29)30;/h2*1-4,9,13H,5-8H2,(H,24,31)(H,29,30)(H,33,34)(H4,21,22,25,26,32);/q;;+2/p-2. The molecule has 0 fully saturated rings. The largest absolute Gasteiger partial charge is 2.00 e. The molecule has 0 aliphatic carbocycles. The fourth-order valence-electron chi connectivity index (χ4n) is 6.28. The molecule has 28 nitrogen and oxygen atoms in total. The molecule has 4 heterocycles. The summed E-state index contributed by atoms with van der Waals surface area (Å²) in [5.41, 5.74) is 12.0. The summed E-state index contributed by atoms with van der Waals surface area (Å²) >= 11 is 0. The summed E-state index contributed by atoms with van der Waals surface area (Å²) in [4.78, 5) is 139. The number of carboxylic acid groups (broad SMARTS) is 4. The number of H-pyrrole nitrogens is 2. The number of aromatic amines is 2. The molecule has 0 radical (unpaired) electrons. The van der Waals surface area contributed by atoms with Gasteiger partial charge in [0.2, 0.25) is 24.7 Å². The summed E-state index contributed by atoms with van der Waals surface area (Å²) in [6.07, 6.45) is -0.598. The predicted octanol–water partition coefficient (Wildman–Crippen LogP) is -3.93. The molecule has 2 aliphatic heterocycles. The number of nitrogen functional groups attached to an aromatic ring is 2. The molecular formula is C40H40CaN14O14. The normalized spacial score (nSPS) is 12.8. The van der Waals surface area contributed by atoms with Crippen molar-refractivity contribution in [1.82, 2.24) is 30.6 Å². The number of nitrogens with two attached hydrogens (primary N) is 2. The van der Waals surface area contributed by atoms with Gasteiger partial charge < -0.3 is 72.5 Å². The molecule has 0 spiro atoms. The van der Waals surface area contributed by atoms with Crippen LogP contribution in [0.3, 0.4) is 0 Å². The summed E-state index contributed by atoms with van der Waals surface area (Å²) in [5, 5.41) is 49.8.